The Labute approximate surface area is 134 Å². The van der Waals surface area contributed by atoms with Crippen molar-refractivity contribution >= 4 is 17.6 Å². The van der Waals surface area contributed by atoms with Crippen LogP contribution in [-0.4, -0.2) is 36.5 Å². The summed E-state index contributed by atoms with van der Waals surface area (Å²) in [7, 11) is 1.79. The zero-order chi connectivity index (χ0) is 17.4. The molecule has 23 heavy (non-hydrogen) atoms. The summed E-state index contributed by atoms with van der Waals surface area (Å²) in [5.41, 5.74) is 0.485. The van der Waals surface area contributed by atoms with E-state index in [9.17, 15) is 14.7 Å². The Balaban J connectivity index is 2.17. The lowest BCUT2D eigenvalue weighted by molar-refractivity contribution is -0.146. The van der Waals surface area contributed by atoms with Crippen molar-refractivity contribution in [2.24, 2.45) is 7.05 Å². The van der Waals surface area contributed by atoms with Crippen LogP contribution in [0.4, 0.5) is 5.69 Å². The Kier molecular flexibility index (Phi) is 4.26. The monoisotopic (exact) mass is 319 g/mol. The Morgan fingerprint density at radius 3 is 2.52 bits per heavy atom. The second-order valence-electron chi connectivity index (χ2n) is 6.22. The fourth-order valence-electron chi connectivity index (χ4n) is 2.12. The second kappa shape index (κ2) is 5.86. The minimum atomic E-state index is -1.20. The summed E-state index contributed by atoms with van der Waals surface area (Å²) in [6.45, 7) is 7.11. The van der Waals surface area contributed by atoms with Crippen molar-refractivity contribution in [3.8, 4) is 0 Å². The van der Waals surface area contributed by atoms with Crippen molar-refractivity contribution in [1.29, 1.82) is 0 Å². The van der Waals surface area contributed by atoms with E-state index in [-0.39, 0.29) is 11.8 Å². The van der Waals surface area contributed by atoms with Gasteiger partial charge >= 0.3 is 5.97 Å². The SMILES string of the molecule is CC(C)c1cc(C(=O)Nc2cnn(C(C)(C)C(=O)O)c2)nn1C. The largest absolute Gasteiger partial charge is 0.479 e. The third kappa shape index (κ3) is 3.25. The number of aromatic nitrogens is 4. The fourth-order valence-corrected chi connectivity index (χ4v) is 2.12. The van der Waals surface area contributed by atoms with E-state index in [4.69, 9.17) is 0 Å². The van der Waals surface area contributed by atoms with Crippen LogP contribution in [0.15, 0.2) is 18.5 Å². The number of aryl methyl sites for hydroxylation is 1. The molecule has 2 heterocycles. The van der Waals surface area contributed by atoms with Gasteiger partial charge in [-0.3, -0.25) is 14.2 Å². The predicted octanol–water partition coefficient (Wildman–Crippen LogP) is 1.81. The number of nitrogens with zero attached hydrogens (tertiary/aromatic N) is 4. The maximum absolute atomic E-state index is 12.3. The maximum atomic E-state index is 12.3. The van der Waals surface area contributed by atoms with E-state index in [0.717, 1.165) is 5.69 Å². The van der Waals surface area contributed by atoms with Gasteiger partial charge in [0.05, 0.1) is 11.9 Å². The molecule has 0 aliphatic heterocycles. The number of nitrogens with one attached hydrogen (secondary N) is 1. The summed E-state index contributed by atoms with van der Waals surface area (Å²) in [6.07, 6.45) is 2.90. The molecule has 0 aliphatic rings. The highest BCUT2D eigenvalue weighted by Crippen LogP contribution is 2.19. The average molecular weight is 319 g/mol. The van der Waals surface area contributed by atoms with Crippen LogP contribution >= 0.6 is 0 Å². The third-order valence-corrected chi connectivity index (χ3v) is 3.68. The van der Waals surface area contributed by atoms with Gasteiger partial charge < -0.3 is 10.4 Å². The molecule has 2 aromatic rings. The molecule has 2 aromatic heterocycles. The standard InChI is InChI=1S/C15H21N5O3/c1-9(2)12-6-11(18-19(12)5)13(21)17-10-7-16-20(8-10)15(3,4)14(22)23/h6-9H,1-5H3,(H,17,21)(H,22,23). The molecular formula is C15H21N5O3. The predicted molar refractivity (Wildman–Crippen MR) is 84.4 cm³/mol. The van der Waals surface area contributed by atoms with Gasteiger partial charge in [0.1, 0.15) is 0 Å². The van der Waals surface area contributed by atoms with Crippen LogP contribution in [0.2, 0.25) is 0 Å². The van der Waals surface area contributed by atoms with Crippen LogP contribution in [0, 0.1) is 0 Å². The fraction of sp³-hybridized carbons (Fsp3) is 0.467. The van der Waals surface area contributed by atoms with Gasteiger partial charge in [0, 0.05) is 18.9 Å². The average Bonchev–Trinajstić information content (AvgIpc) is 3.05. The zero-order valence-corrected chi connectivity index (χ0v) is 13.9. The van der Waals surface area contributed by atoms with Crippen LogP contribution in [0.3, 0.4) is 0 Å². The topological polar surface area (TPSA) is 102 Å². The maximum Gasteiger partial charge on any atom is 0.331 e. The van der Waals surface area contributed by atoms with Crippen LogP contribution in [0.1, 0.15) is 49.8 Å². The van der Waals surface area contributed by atoms with E-state index in [1.165, 1.54) is 30.9 Å². The molecule has 8 nitrogen and oxygen atoms in total. The summed E-state index contributed by atoms with van der Waals surface area (Å²) < 4.78 is 2.97. The normalized spacial score (nSPS) is 11.7. The summed E-state index contributed by atoms with van der Waals surface area (Å²) in [4.78, 5) is 23.5. The van der Waals surface area contributed by atoms with Gasteiger partial charge in [-0.25, -0.2) is 4.79 Å². The molecule has 0 aliphatic carbocycles. The summed E-state index contributed by atoms with van der Waals surface area (Å²) in [6, 6.07) is 1.74. The summed E-state index contributed by atoms with van der Waals surface area (Å²) in [5.74, 6) is -1.11. The van der Waals surface area contributed by atoms with Crippen molar-refractivity contribution in [3.05, 3.63) is 29.8 Å². The Morgan fingerprint density at radius 1 is 1.35 bits per heavy atom. The molecule has 0 spiro atoms. The first-order valence-electron chi connectivity index (χ1n) is 7.26. The zero-order valence-electron chi connectivity index (χ0n) is 13.9. The lowest BCUT2D eigenvalue weighted by atomic mass is 10.1. The quantitative estimate of drug-likeness (QED) is 0.875. The van der Waals surface area contributed by atoms with Crippen molar-refractivity contribution in [2.45, 2.75) is 39.2 Å². The number of carbonyl (C=O) groups excluding carboxylic acids is 1. The van der Waals surface area contributed by atoms with Gasteiger partial charge in [0.25, 0.3) is 5.91 Å². The van der Waals surface area contributed by atoms with E-state index >= 15 is 0 Å². The number of carbonyl (C=O) groups is 2. The molecular weight excluding hydrogens is 298 g/mol. The van der Waals surface area contributed by atoms with Crippen molar-refractivity contribution < 1.29 is 14.7 Å². The molecule has 124 valence electrons. The molecule has 2 rings (SSSR count). The van der Waals surface area contributed by atoms with Gasteiger partial charge in [-0.15, -0.1) is 0 Å². The number of aliphatic carboxylic acids is 1. The molecule has 1 amide bonds. The van der Waals surface area contributed by atoms with E-state index in [1.807, 2.05) is 13.8 Å². The number of carboxylic acids is 1. The van der Waals surface area contributed by atoms with E-state index in [2.05, 4.69) is 15.5 Å². The van der Waals surface area contributed by atoms with Gasteiger partial charge in [0.2, 0.25) is 0 Å². The number of anilines is 1. The second-order valence-corrected chi connectivity index (χ2v) is 6.22. The summed E-state index contributed by atoms with van der Waals surface area (Å²) >= 11 is 0. The Morgan fingerprint density at radius 2 is 2.00 bits per heavy atom. The van der Waals surface area contributed by atoms with Crippen LogP contribution in [0.25, 0.3) is 0 Å². The number of hydrogen-bond acceptors (Lipinski definition) is 4. The molecule has 0 fully saturated rings. The van der Waals surface area contributed by atoms with E-state index in [1.54, 1.807) is 17.8 Å². The van der Waals surface area contributed by atoms with Crippen molar-refractivity contribution in [1.82, 2.24) is 19.6 Å². The summed E-state index contributed by atoms with van der Waals surface area (Å²) in [5, 5.41) is 20.1. The van der Waals surface area contributed by atoms with Crippen molar-refractivity contribution in [2.75, 3.05) is 5.32 Å². The molecule has 8 heteroatoms. The van der Waals surface area contributed by atoms with Crippen molar-refractivity contribution in [3.63, 3.8) is 0 Å². The molecule has 2 N–H and O–H groups in total. The number of hydrogen-bond donors (Lipinski definition) is 2. The third-order valence-electron chi connectivity index (χ3n) is 3.68. The molecule has 0 saturated heterocycles. The van der Waals surface area contributed by atoms with Crippen LogP contribution in [0.5, 0.6) is 0 Å². The Hall–Kier alpha value is -2.64. The molecule has 0 atom stereocenters. The first-order valence-corrected chi connectivity index (χ1v) is 7.26. The highest BCUT2D eigenvalue weighted by Gasteiger charge is 2.30. The Bertz CT molecular complexity index is 742. The lowest BCUT2D eigenvalue weighted by Gasteiger charge is -2.19. The minimum absolute atomic E-state index is 0.258. The molecule has 0 aromatic carbocycles. The highest BCUT2D eigenvalue weighted by atomic mass is 16.4. The smallest absolute Gasteiger partial charge is 0.331 e. The van der Waals surface area contributed by atoms with E-state index < -0.39 is 11.5 Å². The molecule has 0 radical (unpaired) electrons. The first kappa shape index (κ1) is 16.7. The molecule has 0 bridgehead atoms. The van der Waals surface area contributed by atoms with Crippen LogP contribution in [-0.2, 0) is 17.4 Å². The lowest BCUT2D eigenvalue weighted by Crippen LogP contribution is -2.35. The van der Waals surface area contributed by atoms with Gasteiger partial charge in [-0.05, 0) is 25.8 Å². The molecule has 0 saturated carbocycles. The number of carboxylic acid groups (broad SMARTS) is 1. The van der Waals surface area contributed by atoms with E-state index in [0.29, 0.717) is 11.4 Å². The van der Waals surface area contributed by atoms with Gasteiger partial charge in [0.15, 0.2) is 11.2 Å². The highest BCUT2D eigenvalue weighted by molar-refractivity contribution is 6.02. The van der Waals surface area contributed by atoms with Crippen LogP contribution < -0.4 is 5.32 Å². The first-order chi connectivity index (χ1) is 10.6. The minimum Gasteiger partial charge on any atom is -0.479 e. The van der Waals surface area contributed by atoms with Gasteiger partial charge in [-0.2, -0.15) is 10.2 Å². The van der Waals surface area contributed by atoms with Gasteiger partial charge in [-0.1, -0.05) is 13.8 Å². The number of amides is 1. The number of rotatable bonds is 5. The molecule has 0 unspecified atom stereocenters.